The van der Waals surface area contributed by atoms with Gasteiger partial charge in [0.1, 0.15) is 0 Å². The first-order valence-corrected chi connectivity index (χ1v) is 15.0. The van der Waals surface area contributed by atoms with Crippen LogP contribution in [0.25, 0.3) is 0 Å². The van der Waals surface area contributed by atoms with Crippen molar-refractivity contribution in [2.45, 2.75) is 63.8 Å². The highest BCUT2D eigenvalue weighted by Crippen LogP contribution is 2.49. The molecule has 6 rings (SSSR count). The van der Waals surface area contributed by atoms with E-state index in [9.17, 15) is 0 Å². The molecule has 3 unspecified atom stereocenters. The van der Waals surface area contributed by atoms with Crippen LogP contribution in [-0.2, 0) is 5.41 Å². The summed E-state index contributed by atoms with van der Waals surface area (Å²) < 4.78 is 0. The molecule has 0 radical (unpaired) electrons. The minimum Gasteiger partial charge on any atom is -0.367 e. The van der Waals surface area contributed by atoms with Crippen molar-refractivity contribution in [1.82, 2.24) is 0 Å². The molecule has 202 valence electrons. The molecule has 0 amide bonds. The van der Waals surface area contributed by atoms with E-state index in [1.54, 1.807) is 0 Å². The summed E-state index contributed by atoms with van der Waals surface area (Å²) >= 11 is 14.3. The van der Waals surface area contributed by atoms with E-state index in [1.165, 1.54) is 39.3 Å². The maximum absolute atomic E-state index is 7.15. The lowest BCUT2D eigenvalue weighted by molar-refractivity contribution is 0.485. The highest BCUT2D eigenvalue weighted by molar-refractivity contribution is 6.37. The van der Waals surface area contributed by atoms with Crippen LogP contribution in [0, 0.1) is 5.92 Å². The zero-order valence-electron chi connectivity index (χ0n) is 23.6. The second kappa shape index (κ2) is 10.1. The number of hydrogen-bond donors (Lipinski definition) is 0. The summed E-state index contributed by atoms with van der Waals surface area (Å²) in [6.45, 7) is 6.96. The van der Waals surface area contributed by atoms with E-state index < -0.39 is 0 Å². The molecule has 2 nitrogen and oxygen atoms in total. The number of para-hydroxylation sites is 2. The smallest absolute Gasteiger partial charge is 0.0565 e. The quantitative estimate of drug-likeness (QED) is 0.371. The van der Waals surface area contributed by atoms with E-state index in [2.05, 4.69) is 118 Å². The summed E-state index contributed by atoms with van der Waals surface area (Å²) in [5, 5.41) is 1.72. The van der Waals surface area contributed by atoms with Gasteiger partial charge in [0.2, 0.25) is 0 Å². The zero-order valence-corrected chi connectivity index (χ0v) is 25.2. The molecule has 0 saturated heterocycles. The minimum atomic E-state index is 0.0292. The first kappa shape index (κ1) is 26.5. The van der Waals surface area contributed by atoms with Crippen LogP contribution < -0.4 is 9.80 Å². The van der Waals surface area contributed by atoms with Crippen molar-refractivity contribution in [3.8, 4) is 0 Å². The standard InChI is InChI=1S/C35H38Cl2N2/c1-22-26-10-6-8-12-29(26)38(4)28(22)20-18-24-16-14-23-15-17-25(34(37)32(23)33(24)36)19-21-31-35(2,3)27-11-7-9-13-30(27)39(31)5/h6-13,18-23,31H,14-17H2,1-5H3/b21-19+,24-18+,28-20+. The summed E-state index contributed by atoms with van der Waals surface area (Å²) in [6, 6.07) is 17.7. The number of nitrogens with zero attached hydrogens (tertiary/aromatic N) is 2. The molecular formula is C35H38Cl2N2. The molecule has 4 heteroatoms. The number of allylic oxidation sites excluding steroid dienone is 9. The molecule has 2 aliphatic carbocycles. The second-order valence-electron chi connectivity index (χ2n) is 12.1. The SMILES string of the molecule is CC1/C(=C\C=C2/CCC3CCC(/C=C/C4N(C)c5ccccc5C4(C)C)=C(Cl)C3=C2Cl)N(C)c2ccccc21. The Hall–Kier alpha value is -2.68. The van der Waals surface area contributed by atoms with Crippen molar-refractivity contribution < 1.29 is 0 Å². The van der Waals surface area contributed by atoms with Gasteiger partial charge >= 0.3 is 0 Å². The van der Waals surface area contributed by atoms with Crippen LogP contribution in [-0.4, -0.2) is 20.1 Å². The van der Waals surface area contributed by atoms with Crippen LogP contribution in [0.5, 0.6) is 0 Å². The average molecular weight is 558 g/mol. The Labute approximate surface area is 244 Å². The number of likely N-dealkylation sites (N-methyl/N-ethyl adjacent to an activating group) is 2. The lowest BCUT2D eigenvalue weighted by Gasteiger charge is -2.33. The summed E-state index contributed by atoms with van der Waals surface area (Å²) in [6.07, 6.45) is 13.3. The number of benzene rings is 2. The number of hydrogen-bond acceptors (Lipinski definition) is 2. The predicted molar refractivity (Wildman–Crippen MR) is 168 cm³/mol. The largest absolute Gasteiger partial charge is 0.367 e. The molecule has 0 fully saturated rings. The van der Waals surface area contributed by atoms with Crippen molar-refractivity contribution in [3.63, 3.8) is 0 Å². The van der Waals surface area contributed by atoms with Gasteiger partial charge in [-0.2, -0.15) is 0 Å². The Morgan fingerprint density at radius 3 is 2.31 bits per heavy atom. The fraction of sp³-hybridized carbons (Fsp3) is 0.371. The number of rotatable bonds is 3. The van der Waals surface area contributed by atoms with E-state index >= 15 is 0 Å². The third-order valence-electron chi connectivity index (χ3n) is 9.63. The van der Waals surface area contributed by atoms with Crippen LogP contribution in [0.15, 0.2) is 105 Å². The van der Waals surface area contributed by atoms with Gasteiger partial charge in [-0.1, -0.05) is 98.6 Å². The minimum absolute atomic E-state index is 0.0292. The maximum Gasteiger partial charge on any atom is 0.0565 e. The normalized spacial score (nSPS) is 28.1. The second-order valence-corrected chi connectivity index (χ2v) is 12.9. The van der Waals surface area contributed by atoms with Gasteiger partial charge in [0.05, 0.1) is 6.04 Å². The van der Waals surface area contributed by atoms with Gasteiger partial charge in [0, 0.05) is 52.6 Å². The molecule has 2 aromatic rings. The van der Waals surface area contributed by atoms with Gasteiger partial charge in [0.25, 0.3) is 0 Å². The van der Waals surface area contributed by atoms with Crippen LogP contribution in [0.2, 0.25) is 0 Å². The first-order valence-electron chi connectivity index (χ1n) is 14.2. The third-order valence-corrected chi connectivity index (χ3v) is 10.5. The molecule has 2 heterocycles. The van der Waals surface area contributed by atoms with Crippen LogP contribution in [0.4, 0.5) is 11.4 Å². The van der Waals surface area contributed by atoms with Crippen LogP contribution in [0.3, 0.4) is 0 Å². The van der Waals surface area contributed by atoms with Crippen molar-refractivity contribution in [3.05, 3.63) is 116 Å². The topological polar surface area (TPSA) is 6.48 Å². The Kier molecular flexibility index (Phi) is 6.84. The van der Waals surface area contributed by atoms with Crippen molar-refractivity contribution in [2.75, 3.05) is 23.9 Å². The molecule has 0 spiro atoms. The Morgan fingerprint density at radius 2 is 1.56 bits per heavy atom. The highest BCUT2D eigenvalue weighted by atomic mass is 35.5. The van der Waals surface area contributed by atoms with Gasteiger partial charge in [-0.05, 0) is 77.7 Å². The molecule has 0 aromatic heterocycles. The summed E-state index contributed by atoms with van der Waals surface area (Å²) in [7, 11) is 4.35. The van der Waals surface area contributed by atoms with Crippen LogP contribution >= 0.6 is 23.2 Å². The van der Waals surface area contributed by atoms with E-state index in [0.717, 1.165) is 41.3 Å². The lowest BCUT2D eigenvalue weighted by Crippen LogP contribution is -2.37. The van der Waals surface area contributed by atoms with E-state index in [0.29, 0.717) is 11.8 Å². The predicted octanol–water partition coefficient (Wildman–Crippen LogP) is 9.59. The summed E-state index contributed by atoms with van der Waals surface area (Å²) in [5.41, 5.74) is 10.3. The fourth-order valence-corrected chi connectivity index (χ4v) is 8.17. The summed E-state index contributed by atoms with van der Waals surface area (Å²) in [5.74, 6) is 0.809. The van der Waals surface area contributed by atoms with Gasteiger partial charge in [-0.25, -0.2) is 0 Å². The van der Waals surface area contributed by atoms with Gasteiger partial charge in [-0.3, -0.25) is 0 Å². The first-order chi connectivity index (χ1) is 18.7. The average Bonchev–Trinajstić information content (AvgIpc) is 3.29. The molecule has 2 aromatic carbocycles. The van der Waals surface area contributed by atoms with Crippen molar-refractivity contribution in [2.24, 2.45) is 5.92 Å². The fourth-order valence-electron chi connectivity index (χ4n) is 7.31. The number of anilines is 2. The zero-order chi connectivity index (χ0) is 27.5. The van der Waals surface area contributed by atoms with Crippen molar-refractivity contribution in [1.29, 1.82) is 0 Å². The maximum atomic E-state index is 7.15. The van der Waals surface area contributed by atoms with Gasteiger partial charge < -0.3 is 9.80 Å². The molecule has 0 bridgehead atoms. The monoisotopic (exact) mass is 556 g/mol. The van der Waals surface area contributed by atoms with Gasteiger partial charge in [0.15, 0.2) is 0 Å². The van der Waals surface area contributed by atoms with E-state index in [4.69, 9.17) is 23.2 Å². The lowest BCUT2D eigenvalue weighted by atomic mass is 9.76. The molecule has 3 atom stereocenters. The number of halogens is 2. The molecule has 39 heavy (non-hydrogen) atoms. The molecule has 0 N–H and O–H groups in total. The summed E-state index contributed by atoms with van der Waals surface area (Å²) in [4.78, 5) is 4.70. The van der Waals surface area contributed by atoms with E-state index in [1.807, 2.05) is 0 Å². The molecule has 2 aliphatic heterocycles. The third kappa shape index (κ3) is 4.32. The van der Waals surface area contributed by atoms with E-state index in [-0.39, 0.29) is 11.5 Å². The molecular weight excluding hydrogens is 519 g/mol. The van der Waals surface area contributed by atoms with Gasteiger partial charge in [-0.15, -0.1) is 0 Å². The Balaban J connectivity index is 1.30. The molecule has 0 saturated carbocycles. The molecule has 4 aliphatic rings. The highest BCUT2D eigenvalue weighted by Gasteiger charge is 2.41. The van der Waals surface area contributed by atoms with Crippen LogP contribution in [0.1, 0.15) is 63.5 Å². The van der Waals surface area contributed by atoms with Crippen molar-refractivity contribution >= 4 is 34.6 Å². The number of fused-ring (bicyclic) bond motifs is 3. The Bertz CT molecular complexity index is 1440. The Morgan fingerprint density at radius 1 is 0.872 bits per heavy atom.